The van der Waals surface area contributed by atoms with Crippen LogP contribution in [0.2, 0.25) is 0 Å². The lowest BCUT2D eigenvalue weighted by Gasteiger charge is -2.17. The van der Waals surface area contributed by atoms with E-state index >= 15 is 0 Å². The average molecular weight is 297 g/mol. The molecule has 3 rings (SSSR count). The summed E-state index contributed by atoms with van der Waals surface area (Å²) < 4.78 is 14.0. The van der Waals surface area contributed by atoms with Crippen LogP contribution in [0.15, 0.2) is 36.5 Å². The zero-order valence-corrected chi connectivity index (χ0v) is 12.4. The van der Waals surface area contributed by atoms with Gasteiger partial charge >= 0.3 is 0 Å². The van der Waals surface area contributed by atoms with Gasteiger partial charge in [0.2, 0.25) is 0 Å². The molecule has 3 aromatic rings. The van der Waals surface area contributed by atoms with Gasteiger partial charge in [-0.1, -0.05) is 32.0 Å². The van der Waals surface area contributed by atoms with Crippen molar-refractivity contribution in [2.24, 2.45) is 5.73 Å². The molecule has 0 bridgehead atoms. The van der Waals surface area contributed by atoms with Gasteiger partial charge in [0.05, 0.1) is 17.3 Å². The van der Waals surface area contributed by atoms with Crippen LogP contribution in [0, 0.1) is 5.82 Å². The van der Waals surface area contributed by atoms with Gasteiger partial charge in [-0.2, -0.15) is 5.10 Å². The summed E-state index contributed by atoms with van der Waals surface area (Å²) in [7, 11) is 0. The number of halogens is 1. The average Bonchev–Trinajstić information content (AvgIpc) is 2.93. The van der Waals surface area contributed by atoms with Crippen molar-refractivity contribution in [3.8, 4) is 11.1 Å². The van der Waals surface area contributed by atoms with Crippen LogP contribution in [-0.4, -0.2) is 16.1 Å². The largest absolute Gasteiger partial charge is 0.365 e. The van der Waals surface area contributed by atoms with E-state index in [-0.39, 0.29) is 11.5 Å². The SMILES string of the molecule is CC(C)c1c(-c2ccc3cn[nH]c3c2)ccc(F)c1C(N)=O. The number of hydrogen-bond donors (Lipinski definition) is 2. The first kappa shape index (κ1) is 14.3. The van der Waals surface area contributed by atoms with E-state index in [1.807, 2.05) is 32.0 Å². The number of nitrogens with zero attached hydrogens (tertiary/aromatic N) is 1. The molecule has 2 aromatic carbocycles. The van der Waals surface area contributed by atoms with Crippen LogP contribution in [0.1, 0.15) is 35.7 Å². The molecule has 1 aromatic heterocycles. The van der Waals surface area contributed by atoms with Crippen molar-refractivity contribution in [2.75, 3.05) is 0 Å². The van der Waals surface area contributed by atoms with E-state index in [0.717, 1.165) is 22.0 Å². The molecule has 0 aliphatic rings. The first-order valence-corrected chi connectivity index (χ1v) is 7.04. The number of primary amides is 1. The molecule has 0 fully saturated rings. The highest BCUT2D eigenvalue weighted by atomic mass is 19.1. The maximum Gasteiger partial charge on any atom is 0.251 e. The number of rotatable bonds is 3. The summed E-state index contributed by atoms with van der Waals surface area (Å²) >= 11 is 0. The van der Waals surface area contributed by atoms with Gasteiger partial charge in [-0.25, -0.2) is 4.39 Å². The fourth-order valence-corrected chi connectivity index (χ4v) is 2.80. The first-order chi connectivity index (χ1) is 10.5. The lowest BCUT2D eigenvalue weighted by molar-refractivity contribution is 0.0995. The van der Waals surface area contributed by atoms with Gasteiger partial charge in [-0.3, -0.25) is 9.89 Å². The van der Waals surface area contributed by atoms with Crippen molar-refractivity contribution >= 4 is 16.8 Å². The van der Waals surface area contributed by atoms with Gasteiger partial charge in [0, 0.05) is 5.39 Å². The van der Waals surface area contributed by atoms with E-state index in [0.29, 0.717) is 5.56 Å². The topological polar surface area (TPSA) is 71.8 Å². The molecule has 5 heteroatoms. The highest BCUT2D eigenvalue weighted by molar-refractivity contribution is 5.97. The molecule has 0 spiro atoms. The van der Waals surface area contributed by atoms with Crippen LogP contribution in [0.25, 0.3) is 22.0 Å². The van der Waals surface area contributed by atoms with E-state index in [9.17, 15) is 9.18 Å². The van der Waals surface area contributed by atoms with Gasteiger partial charge in [0.25, 0.3) is 5.91 Å². The molecular weight excluding hydrogens is 281 g/mol. The smallest absolute Gasteiger partial charge is 0.251 e. The maximum absolute atomic E-state index is 14.0. The molecule has 0 saturated heterocycles. The quantitative estimate of drug-likeness (QED) is 0.775. The first-order valence-electron chi connectivity index (χ1n) is 7.04. The summed E-state index contributed by atoms with van der Waals surface area (Å²) in [5.41, 5.74) is 8.56. The third-order valence-corrected chi connectivity index (χ3v) is 3.77. The number of carbonyl (C=O) groups excluding carboxylic acids is 1. The Labute approximate surface area is 127 Å². The minimum absolute atomic E-state index is 0.0304. The zero-order chi connectivity index (χ0) is 15.9. The van der Waals surface area contributed by atoms with Gasteiger partial charge in [-0.15, -0.1) is 0 Å². The van der Waals surface area contributed by atoms with Gasteiger partial charge in [-0.05, 0) is 34.7 Å². The molecule has 1 amide bonds. The fraction of sp³-hybridized carbons (Fsp3) is 0.176. The molecule has 0 saturated carbocycles. The van der Waals surface area contributed by atoms with Crippen LogP contribution in [0.5, 0.6) is 0 Å². The number of hydrogen-bond acceptors (Lipinski definition) is 2. The number of aromatic nitrogens is 2. The second kappa shape index (κ2) is 5.26. The Morgan fingerprint density at radius 1 is 1.27 bits per heavy atom. The molecule has 4 nitrogen and oxygen atoms in total. The summed E-state index contributed by atoms with van der Waals surface area (Å²) in [6.45, 7) is 3.83. The number of aromatic amines is 1. The van der Waals surface area contributed by atoms with Gasteiger partial charge in [0.1, 0.15) is 5.82 Å². The van der Waals surface area contributed by atoms with E-state index in [1.165, 1.54) is 6.07 Å². The van der Waals surface area contributed by atoms with Crippen LogP contribution in [-0.2, 0) is 0 Å². The standard InChI is InChI=1S/C17H16FN3O/c1-9(2)15-12(5-6-13(18)16(15)17(19)22)10-3-4-11-8-20-21-14(11)7-10/h3-9H,1-2H3,(H2,19,22)(H,20,21). The number of benzene rings is 2. The van der Waals surface area contributed by atoms with Crippen molar-refractivity contribution in [3.63, 3.8) is 0 Å². The lowest BCUT2D eigenvalue weighted by Crippen LogP contribution is -2.17. The van der Waals surface area contributed by atoms with Crippen molar-refractivity contribution < 1.29 is 9.18 Å². The Hall–Kier alpha value is -2.69. The molecular formula is C17H16FN3O. The Kier molecular flexibility index (Phi) is 3.41. The monoisotopic (exact) mass is 297 g/mol. The summed E-state index contributed by atoms with van der Waals surface area (Å²) in [6.07, 6.45) is 1.74. The van der Waals surface area contributed by atoms with E-state index in [2.05, 4.69) is 10.2 Å². The number of nitrogens with two attached hydrogens (primary N) is 1. The zero-order valence-electron chi connectivity index (χ0n) is 12.4. The number of carbonyl (C=O) groups is 1. The summed E-state index contributed by atoms with van der Waals surface area (Å²) in [5.74, 6) is -1.36. The molecule has 0 unspecified atom stereocenters. The van der Waals surface area contributed by atoms with Crippen LogP contribution in [0.3, 0.4) is 0 Å². The predicted octanol–water partition coefficient (Wildman–Crippen LogP) is 3.59. The highest BCUT2D eigenvalue weighted by Gasteiger charge is 2.21. The molecule has 0 atom stereocenters. The molecule has 1 heterocycles. The maximum atomic E-state index is 14.0. The number of fused-ring (bicyclic) bond motifs is 1. The minimum Gasteiger partial charge on any atom is -0.365 e. The summed E-state index contributed by atoms with van der Waals surface area (Å²) in [4.78, 5) is 11.7. The third kappa shape index (κ3) is 2.24. The Bertz CT molecular complexity index is 867. The summed E-state index contributed by atoms with van der Waals surface area (Å²) in [6, 6.07) is 8.78. The number of H-pyrrole nitrogens is 1. The normalized spacial score (nSPS) is 11.3. The third-order valence-electron chi connectivity index (χ3n) is 3.77. The van der Waals surface area contributed by atoms with E-state index in [1.54, 1.807) is 12.3 Å². The minimum atomic E-state index is -0.745. The predicted molar refractivity (Wildman–Crippen MR) is 84.1 cm³/mol. The second-order valence-electron chi connectivity index (χ2n) is 5.57. The molecule has 112 valence electrons. The molecule has 0 radical (unpaired) electrons. The van der Waals surface area contributed by atoms with Crippen molar-refractivity contribution in [3.05, 3.63) is 53.5 Å². The molecule has 0 aliphatic carbocycles. The Morgan fingerprint density at radius 3 is 2.73 bits per heavy atom. The lowest BCUT2D eigenvalue weighted by atomic mass is 9.87. The van der Waals surface area contributed by atoms with Gasteiger partial charge < -0.3 is 5.73 Å². The van der Waals surface area contributed by atoms with Gasteiger partial charge in [0.15, 0.2) is 0 Å². The second-order valence-corrected chi connectivity index (χ2v) is 5.57. The molecule has 3 N–H and O–H groups in total. The van der Waals surface area contributed by atoms with Crippen LogP contribution < -0.4 is 5.73 Å². The molecule has 0 aliphatic heterocycles. The Morgan fingerprint density at radius 2 is 2.05 bits per heavy atom. The fourth-order valence-electron chi connectivity index (χ4n) is 2.80. The van der Waals surface area contributed by atoms with Crippen molar-refractivity contribution in [1.29, 1.82) is 0 Å². The Balaban J connectivity index is 2.29. The summed E-state index contributed by atoms with van der Waals surface area (Å²) in [5, 5.41) is 7.90. The number of amides is 1. The van der Waals surface area contributed by atoms with Crippen molar-refractivity contribution in [1.82, 2.24) is 10.2 Å². The van der Waals surface area contributed by atoms with Crippen LogP contribution >= 0.6 is 0 Å². The molecule has 22 heavy (non-hydrogen) atoms. The van der Waals surface area contributed by atoms with E-state index < -0.39 is 11.7 Å². The van der Waals surface area contributed by atoms with Crippen LogP contribution in [0.4, 0.5) is 4.39 Å². The van der Waals surface area contributed by atoms with Crippen molar-refractivity contribution in [2.45, 2.75) is 19.8 Å². The van der Waals surface area contributed by atoms with E-state index in [4.69, 9.17) is 5.73 Å². The highest BCUT2D eigenvalue weighted by Crippen LogP contribution is 2.34. The number of nitrogens with one attached hydrogen (secondary N) is 1.